The molecule has 0 radical (unpaired) electrons. The van der Waals surface area contributed by atoms with E-state index in [4.69, 9.17) is 18.8 Å². The van der Waals surface area contributed by atoms with Crippen molar-refractivity contribution in [3.05, 3.63) is 170 Å². The Hall–Kier alpha value is -6.52. The molecule has 2 aromatic heterocycles. The fourth-order valence-corrected chi connectivity index (χ4v) is 6.47. The average Bonchev–Trinajstić information content (AvgIpc) is 3.80. The van der Waals surface area contributed by atoms with Crippen LogP contribution < -0.4 is 0 Å². The predicted octanol–water partition coefficient (Wildman–Crippen LogP) is 12.0. The molecule has 9 rings (SSSR count). The molecule has 4 heteroatoms. The molecule has 0 spiro atoms. The number of hydrogen-bond donors (Lipinski definition) is 0. The minimum absolute atomic E-state index is 0.610. The van der Waals surface area contributed by atoms with Crippen molar-refractivity contribution < 1.29 is 8.83 Å². The number of oxazole rings is 2. The summed E-state index contributed by atoms with van der Waals surface area (Å²) in [4.78, 5) is 9.47. The fourth-order valence-electron chi connectivity index (χ4n) is 6.47. The van der Waals surface area contributed by atoms with Crippen molar-refractivity contribution in [2.45, 2.75) is 0 Å². The zero-order valence-corrected chi connectivity index (χ0v) is 25.9. The van der Waals surface area contributed by atoms with E-state index in [1.54, 1.807) is 0 Å². The second-order valence-electron chi connectivity index (χ2n) is 11.8. The van der Waals surface area contributed by atoms with Gasteiger partial charge in [0.05, 0.1) is 0 Å². The lowest BCUT2D eigenvalue weighted by atomic mass is 9.82. The summed E-state index contributed by atoms with van der Waals surface area (Å²) in [6.07, 6.45) is 0. The first-order valence-corrected chi connectivity index (χ1v) is 16.0. The van der Waals surface area contributed by atoms with Gasteiger partial charge in [-0.2, -0.15) is 0 Å². The molecule has 226 valence electrons. The molecule has 0 aliphatic heterocycles. The molecule has 7 aromatic carbocycles. The van der Waals surface area contributed by atoms with E-state index in [-0.39, 0.29) is 0 Å². The van der Waals surface area contributed by atoms with Gasteiger partial charge in [-0.05, 0) is 93.0 Å². The Labute approximate surface area is 277 Å². The lowest BCUT2D eigenvalue weighted by molar-refractivity contribution is 0.619. The summed E-state index contributed by atoms with van der Waals surface area (Å²) in [5, 5.41) is 0. The van der Waals surface area contributed by atoms with Crippen molar-refractivity contribution in [2.24, 2.45) is 0 Å². The molecular weight excluding hydrogens is 588 g/mol. The molecule has 2 heterocycles. The largest absolute Gasteiger partial charge is 0.436 e. The summed E-state index contributed by atoms with van der Waals surface area (Å²) < 4.78 is 12.2. The highest BCUT2D eigenvalue weighted by atomic mass is 16.4. The Bertz CT molecular complexity index is 2280. The first-order chi connectivity index (χ1) is 23.8. The first kappa shape index (κ1) is 27.8. The molecule has 0 saturated carbocycles. The first-order valence-electron chi connectivity index (χ1n) is 16.0. The molecule has 9 aromatic rings. The van der Waals surface area contributed by atoms with Crippen LogP contribution >= 0.6 is 0 Å². The van der Waals surface area contributed by atoms with Crippen LogP contribution in [0.2, 0.25) is 0 Å². The minimum atomic E-state index is 0.610. The lowest BCUT2D eigenvalue weighted by Gasteiger charge is -2.21. The number of para-hydroxylation sites is 4. The Morgan fingerprint density at radius 1 is 0.292 bits per heavy atom. The summed E-state index contributed by atoms with van der Waals surface area (Å²) in [5.41, 5.74) is 14.2. The van der Waals surface area contributed by atoms with E-state index < -0.39 is 0 Å². The molecule has 0 aliphatic carbocycles. The Kier molecular flexibility index (Phi) is 6.76. The van der Waals surface area contributed by atoms with E-state index >= 15 is 0 Å². The zero-order chi connectivity index (χ0) is 31.9. The van der Waals surface area contributed by atoms with Crippen molar-refractivity contribution in [3.63, 3.8) is 0 Å². The smallest absolute Gasteiger partial charge is 0.227 e. The Balaban J connectivity index is 1.24. The maximum atomic E-state index is 6.11. The Morgan fingerprint density at radius 3 is 1.04 bits per heavy atom. The van der Waals surface area contributed by atoms with Gasteiger partial charge in [0.25, 0.3) is 0 Å². The lowest BCUT2D eigenvalue weighted by Crippen LogP contribution is -1.95. The number of aromatic nitrogens is 2. The number of nitrogens with zero attached hydrogens (tertiary/aromatic N) is 2. The molecule has 0 bridgehead atoms. The summed E-state index contributed by atoms with van der Waals surface area (Å²) in [7, 11) is 0. The van der Waals surface area contributed by atoms with Crippen LogP contribution in [0.4, 0.5) is 0 Å². The van der Waals surface area contributed by atoms with Gasteiger partial charge in [0.1, 0.15) is 11.0 Å². The summed E-state index contributed by atoms with van der Waals surface area (Å²) in [5.74, 6) is 1.22. The summed E-state index contributed by atoms with van der Waals surface area (Å²) >= 11 is 0. The maximum Gasteiger partial charge on any atom is 0.227 e. The van der Waals surface area contributed by atoms with Gasteiger partial charge >= 0.3 is 0 Å². The van der Waals surface area contributed by atoms with E-state index in [1.165, 1.54) is 0 Å². The predicted molar refractivity (Wildman–Crippen MR) is 194 cm³/mol. The van der Waals surface area contributed by atoms with Crippen LogP contribution in [-0.4, -0.2) is 9.97 Å². The van der Waals surface area contributed by atoms with Crippen molar-refractivity contribution in [1.29, 1.82) is 0 Å². The second-order valence-corrected chi connectivity index (χ2v) is 11.8. The van der Waals surface area contributed by atoms with E-state index in [0.717, 1.165) is 77.8 Å². The monoisotopic (exact) mass is 616 g/mol. The van der Waals surface area contributed by atoms with Gasteiger partial charge in [-0.1, -0.05) is 121 Å². The Morgan fingerprint density at radius 2 is 0.646 bits per heavy atom. The average molecular weight is 617 g/mol. The zero-order valence-electron chi connectivity index (χ0n) is 25.9. The molecule has 48 heavy (non-hydrogen) atoms. The molecule has 0 amide bonds. The number of rotatable bonds is 6. The van der Waals surface area contributed by atoms with Crippen LogP contribution in [0.5, 0.6) is 0 Å². The van der Waals surface area contributed by atoms with Gasteiger partial charge in [-0.3, -0.25) is 0 Å². The quantitative estimate of drug-likeness (QED) is 0.186. The van der Waals surface area contributed by atoms with Crippen LogP contribution in [0.25, 0.3) is 89.6 Å². The van der Waals surface area contributed by atoms with Crippen molar-refractivity contribution in [1.82, 2.24) is 9.97 Å². The van der Waals surface area contributed by atoms with Crippen LogP contribution in [0.15, 0.2) is 179 Å². The van der Waals surface area contributed by atoms with Gasteiger partial charge < -0.3 is 8.83 Å². The minimum Gasteiger partial charge on any atom is -0.436 e. The summed E-state index contributed by atoms with van der Waals surface area (Å²) in [6, 6.07) is 58.5. The van der Waals surface area contributed by atoms with Crippen LogP contribution in [-0.2, 0) is 0 Å². The van der Waals surface area contributed by atoms with Gasteiger partial charge in [-0.15, -0.1) is 0 Å². The van der Waals surface area contributed by atoms with Crippen molar-refractivity contribution in [3.8, 4) is 67.4 Å². The second kappa shape index (κ2) is 11.7. The SMILES string of the molecule is c1ccc(-c2ccc(-c3ccccc3)c(-c3ccc(-c4nc5ccccc5o4)cc3)c2-c2ccc(-c3nc4ccccc4o3)cc2)cc1. The van der Waals surface area contributed by atoms with Gasteiger partial charge in [0, 0.05) is 11.1 Å². The highest BCUT2D eigenvalue weighted by Crippen LogP contribution is 2.46. The maximum absolute atomic E-state index is 6.11. The molecule has 0 unspecified atom stereocenters. The van der Waals surface area contributed by atoms with E-state index in [9.17, 15) is 0 Å². The molecule has 0 fully saturated rings. The van der Waals surface area contributed by atoms with Crippen molar-refractivity contribution in [2.75, 3.05) is 0 Å². The highest BCUT2D eigenvalue weighted by molar-refractivity contribution is 6.02. The third-order valence-electron chi connectivity index (χ3n) is 8.80. The van der Waals surface area contributed by atoms with Crippen molar-refractivity contribution >= 4 is 22.2 Å². The topological polar surface area (TPSA) is 52.1 Å². The van der Waals surface area contributed by atoms with Crippen LogP contribution in [0.3, 0.4) is 0 Å². The van der Waals surface area contributed by atoms with E-state index in [0.29, 0.717) is 11.8 Å². The number of hydrogen-bond acceptors (Lipinski definition) is 4. The van der Waals surface area contributed by atoms with Crippen LogP contribution in [0, 0.1) is 0 Å². The molecule has 4 nitrogen and oxygen atoms in total. The molecule has 0 N–H and O–H groups in total. The molecular formula is C44H28N2O2. The third-order valence-corrected chi connectivity index (χ3v) is 8.80. The number of benzene rings is 7. The van der Waals surface area contributed by atoms with E-state index in [2.05, 4.69) is 121 Å². The highest BCUT2D eigenvalue weighted by Gasteiger charge is 2.20. The van der Waals surface area contributed by atoms with Gasteiger partial charge in [-0.25, -0.2) is 9.97 Å². The fraction of sp³-hybridized carbons (Fsp3) is 0. The summed E-state index contributed by atoms with van der Waals surface area (Å²) in [6.45, 7) is 0. The molecule has 0 atom stereocenters. The van der Waals surface area contributed by atoms with Gasteiger partial charge in [0.15, 0.2) is 11.2 Å². The standard InChI is InChI=1S/C44H28N2O2/c1-3-11-29(12-4-1)35-27-28-36(30-13-5-2-6-14-30)42(32-21-25-34(26-22-32)44-46-38-16-8-10-18-40(38)48-44)41(35)31-19-23-33(24-20-31)43-45-37-15-7-9-17-39(37)47-43/h1-28H. The van der Waals surface area contributed by atoms with Crippen LogP contribution in [0.1, 0.15) is 0 Å². The third kappa shape index (κ3) is 4.97. The number of fused-ring (bicyclic) bond motifs is 2. The van der Waals surface area contributed by atoms with E-state index in [1.807, 2.05) is 48.5 Å². The normalized spacial score (nSPS) is 11.3. The molecule has 0 aliphatic rings. The molecule has 0 saturated heterocycles. The van der Waals surface area contributed by atoms with Gasteiger partial charge in [0.2, 0.25) is 11.8 Å².